The summed E-state index contributed by atoms with van der Waals surface area (Å²) in [5, 5.41) is 6.36. The van der Waals surface area contributed by atoms with Gasteiger partial charge >= 0.3 is 6.03 Å². The minimum atomic E-state index is -0.524. The van der Waals surface area contributed by atoms with Gasteiger partial charge in [0.25, 0.3) is 0 Å². The van der Waals surface area contributed by atoms with E-state index in [2.05, 4.69) is 10.6 Å². The number of hydrogen-bond acceptors (Lipinski definition) is 5. The maximum atomic E-state index is 12.8. The van der Waals surface area contributed by atoms with Crippen LogP contribution in [-0.2, 0) is 9.59 Å². The van der Waals surface area contributed by atoms with Crippen molar-refractivity contribution >= 4 is 40.3 Å². The van der Waals surface area contributed by atoms with Gasteiger partial charge in [0.05, 0.1) is 5.92 Å². The van der Waals surface area contributed by atoms with Crippen LogP contribution in [0.5, 0.6) is 0 Å². The predicted octanol–water partition coefficient (Wildman–Crippen LogP) is 4.02. The molecular weight excluding hydrogens is 434 g/mol. The fourth-order valence-corrected chi connectivity index (χ4v) is 4.87. The number of imide groups is 1. The third-order valence-corrected chi connectivity index (χ3v) is 6.67. The summed E-state index contributed by atoms with van der Waals surface area (Å²) >= 11 is 0. The molecule has 0 spiro atoms. The Labute approximate surface area is 196 Å². The van der Waals surface area contributed by atoms with Gasteiger partial charge in [-0.3, -0.25) is 19.3 Å². The first-order valence-electron chi connectivity index (χ1n) is 11.5. The van der Waals surface area contributed by atoms with Gasteiger partial charge in [-0.1, -0.05) is 43.2 Å². The van der Waals surface area contributed by atoms with Crippen LogP contribution in [0.3, 0.4) is 0 Å². The molecule has 8 heteroatoms. The van der Waals surface area contributed by atoms with Gasteiger partial charge in [0, 0.05) is 34.3 Å². The first-order chi connectivity index (χ1) is 16.4. The van der Waals surface area contributed by atoms with Crippen LogP contribution in [0, 0.1) is 12.8 Å². The summed E-state index contributed by atoms with van der Waals surface area (Å²) in [6.45, 7) is 1.46. The Morgan fingerprint density at radius 3 is 2.65 bits per heavy atom. The lowest BCUT2D eigenvalue weighted by Gasteiger charge is -2.39. The van der Waals surface area contributed by atoms with Crippen molar-refractivity contribution in [3.8, 4) is 0 Å². The van der Waals surface area contributed by atoms with Crippen LogP contribution in [0.15, 0.2) is 52.9 Å². The van der Waals surface area contributed by atoms with E-state index in [9.17, 15) is 19.2 Å². The number of nitrogens with zero attached hydrogens (tertiary/aromatic N) is 1. The van der Waals surface area contributed by atoms with Crippen molar-refractivity contribution in [2.24, 2.45) is 5.92 Å². The van der Waals surface area contributed by atoms with Crippen molar-refractivity contribution in [2.75, 3.05) is 11.9 Å². The minimum absolute atomic E-state index is 0.134. The molecule has 34 heavy (non-hydrogen) atoms. The number of amides is 4. The summed E-state index contributed by atoms with van der Waals surface area (Å²) in [4.78, 5) is 51.7. The lowest BCUT2D eigenvalue weighted by atomic mass is 9.82. The zero-order valence-electron chi connectivity index (χ0n) is 18.8. The van der Waals surface area contributed by atoms with Gasteiger partial charge in [-0.15, -0.1) is 0 Å². The summed E-state index contributed by atoms with van der Waals surface area (Å²) in [5.41, 5.74) is 2.17. The normalized spacial score (nSPS) is 20.1. The van der Waals surface area contributed by atoms with E-state index in [1.54, 1.807) is 42.5 Å². The number of anilines is 1. The van der Waals surface area contributed by atoms with Crippen LogP contribution in [0.2, 0.25) is 0 Å². The van der Waals surface area contributed by atoms with E-state index in [0.29, 0.717) is 16.8 Å². The van der Waals surface area contributed by atoms with Gasteiger partial charge in [0.15, 0.2) is 5.76 Å². The summed E-state index contributed by atoms with van der Waals surface area (Å²) in [6.07, 6.45) is 3.45. The number of hydrogen-bond donors (Lipinski definition) is 2. The third-order valence-electron chi connectivity index (χ3n) is 6.67. The molecule has 2 aromatic carbocycles. The molecule has 2 unspecified atom stereocenters. The Morgan fingerprint density at radius 2 is 1.85 bits per heavy atom. The molecule has 1 aromatic heterocycles. The van der Waals surface area contributed by atoms with E-state index >= 15 is 0 Å². The fraction of sp³-hybridized carbons (Fsp3) is 0.308. The van der Waals surface area contributed by atoms with Crippen molar-refractivity contribution in [1.29, 1.82) is 0 Å². The molecule has 1 aliphatic carbocycles. The molecule has 4 amide bonds. The molecule has 2 fully saturated rings. The molecule has 0 radical (unpaired) electrons. The number of carbonyl (C=O) groups excluding carboxylic acids is 4. The molecule has 174 valence electrons. The van der Waals surface area contributed by atoms with E-state index in [-0.39, 0.29) is 36.0 Å². The van der Waals surface area contributed by atoms with Gasteiger partial charge in [0.2, 0.25) is 17.6 Å². The smallest absolute Gasteiger partial charge is 0.324 e. The highest BCUT2D eigenvalue weighted by atomic mass is 16.3. The molecule has 1 saturated carbocycles. The largest absolute Gasteiger partial charge is 0.452 e. The molecule has 1 aliphatic heterocycles. The number of ketones is 1. The average Bonchev–Trinajstić information content (AvgIpc) is 3.17. The quantitative estimate of drug-likeness (QED) is 0.560. The molecule has 2 aliphatic rings. The topological polar surface area (TPSA) is 109 Å². The molecule has 2 heterocycles. The van der Waals surface area contributed by atoms with Crippen LogP contribution in [0.25, 0.3) is 11.0 Å². The Bertz CT molecular complexity index is 1300. The highest BCUT2D eigenvalue weighted by Crippen LogP contribution is 2.31. The van der Waals surface area contributed by atoms with Crippen molar-refractivity contribution in [1.82, 2.24) is 10.2 Å². The van der Waals surface area contributed by atoms with Gasteiger partial charge in [0.1, 0.15) is 12.1 Å². The Balaban J connectivity index is 1.31. The highest BCUT2D eigenvalue weighted by Gasteiger charge is 2.42. The fourth-order valence-electron chi connectivity index (χ4n) is 4.87. The SMILES string of the molecule is Cc1c(C(=O)c2ccccc2)oc2cc(NC(=O)CN3C(=O)NC4CCCCC4C3=O)ccc12. The van der Waals surface area contributed by atoms with E-state index < -0.39 is 11.9 Å². The monoisotopic (exact) mass is 459 g/mol. The first-order valence-corrected chi connectivity index (χ1v) is 11.5. The third kappa shape index (κ3) is 3.96. The van der Waals surface area contributed by atoms with Crippen LogP contribution in [0.4, 0.5) is 10.5 Å². The zero-order valence-corrected chi connectivity index (χ0v) is 18.8. The summed E-state index contributed by atoms with van der Waals surface area (Å²) in [5.74, 6) is -0.995. The number of aryl methyl sites for hydroxylation is 1. The lowest BCUT2D eigenvalue weighted by Crippen LogP contribution is -2.61. The standard InChI is InChI=1S/C26H25N3O5/c1-15-18-12-11-17(13-21(18)34-24(15)23(31)16-7-3-2-4-8-16)27-22(30)14-29-25(32)19-9-5-6-10-20(19)28-26(29)33/h2-4,7-8,11-13,19-20H,5-6,9-10,14H2,1H3,(H,27,30)(H,28,33). The van der Waals surface area contributed by atoms with Crippen LogP contribution in [0.1, 0.15) is 47.4 Å². The van der Waals surface area contributed by atoms with Gasteiger partial charge in [-0.2, -0.15) is 0 Å². The molecule has 3 aromatic rings. The predicted molar refractivity (Wildman–Crippen MR) is 125 cm³/mol. The Kier molecular flexibility index (Phi) is 5.65. The van der Waals surface area contributed by atoms with Gasteiger partial charge in [-0.05, 0) is 31.9 Å². The number of fused-ring (bicyclic) bond motifs is 2. The second kappa shape index (κ2) is 8.78. The number of carbonyl (C=O) groups is 4. The van der Waals surface area contributed by atoms with Crippen LogP contribution >= 0.6 is 0 Å². The van der Waals surface area contributed by atoms with Crippen molar-refractivity contribution < 1.29 is 23.6 Å². The maximum absolute atomic E-state index is 12.8. The van der Waals surface area contributed by atoms with Gasteiger partial charge in [-0.25, -0.2) is 4.79 Å². The molecule has 5 rings (SSSR count). The molecule has 1 saturated heterocycles. The van der Waals surface area contributed by atoms with Crippen molar-refractivity contribution in [3.63, 3.8) is 0 Å². The molecular formula is C26H25N3O5. The van der Waals surface area contributed by atoms with E-state index in [1.165, 1.54) is 0 Å². The summed E-state index contributed by atoms with van der Waals surface area (Å²) in [6, 6.07) is 13.3. The number of nitrogens with one attached hydrogen (secondary N) is 2. The van der Waals surface area contributed by atoms with E-state index in [1.807, 2.05) is 13.0 Å². The average molecular weight is 460 g/mol. The molecule has 0 bridgehead atoms. The number of rotatable bonds is 5. The first kappa shape index (κ1) is 21.9. The number of furan rings is 1. The molecule has 2 N–H and O–H groups in total. The van der Waals surface area contributed by atoms with Crippen molar-refractivity contribution in [3.05, 3.63) is 65.4 Å². The maximum Gasteiger partial charge on any atom is 0.324 e. The van der Waals surface area contributed by atoms with E-state index in [4.69, 9.17) is 4.42 Å². The minimum Gasteiger partial charge on any atom is -0.452 e. The zero-order chi connectivity index (χ0) is 23.8. The van der Waals surface area contributed by atoms with Gasteiger partial charge < -0.3 is 15.1 Å². The molecule has 8 nitrogen and oxygen atoms in total. The second-order valence-corrected chi connectivity index (χ2v) is 8.88. The number of benzene rings is 2. The Hall–Kier alpha value is -3.94. The van der Waals surface area contributed by atoms with Crippen LogP contribution < -0.4 is 10.6 Å². The van der Waals surface area contributed by atoms with E-state index in [0.717, 1.165) is 41.5 Å². The Morgan fingerprint density at radius 1 is 1.09 bits per heavy atom. The summed E-state index contributed by atoms with van der Waals surface area (Å²) < 4.78 is 5.85. The number of urea groups is 1. The molecule has 2 atom stereocenters. The second-order valence-electron chi connectivity index (χ2n) is 8.88. The highest BCUT2D eigenvalue weighted by molar-refractivity contribution is 6.11. The summed E-state index contributed by atoms with van der Waals surface area (Å²) in [7, 11) is 0. The van der Waals surface area contributed by atoms with Crippen molar-refractivity contribution in [2.45, 2.75) is 38.6 Å². The lowest BCUT2D eigenvalue weighted by molar-refractivity contribution is -0.138. The van der Waals surface area contributed by atoms with Crippen LogP contribution in [-0.4, -0.2) is 41.1 Å².